The van der Waals surface area contributed by atoms with Gasteiger partial charge in [0.2, 0.25) is 0 Å². The zero-order valence-electron chi connectivity index (χ0n) is 27.9. The third kappa shape index (κ3) is 4.71. The molecule has 0 amide bonds. The minimum atomic E-state index is 1.03. The van der Waals surface area contributed by atoms with E-state index < -0.39 is 0 Å². The summed E-state index contributed by atoms with van der Waals surface area (Å²) in [4.78, 5) is 0. The smallest absolute Gasteiger partial charge is 0.0542 e. The molecule has 0 aliphatic heterocycles. The lowest BCUT2D eigenvalue weighted by molar-refractivity contribution is 0.889. The fourth-order valence-corrected chi connectivity index (χ4v) is 8.33. The van der Waals surface area contributed by atoms with Crippen LogP contribution in [0, 0.1) is 0 Å². The van der Waals surface area contributed by atoms with Crippen molar-refractivity contribution < 1.29 is 0 Å². The SMILES string of the molecule is C1=Cc2c(n(-c3ccc4c(c3)c3ccccc3n4-c3cccc(C4=CCCC(c5cccc(-c6ccccc6)c5)=C4)c3)c3ccccc23)CC1. The molecule has 50 heavy (non-hydrogen) atoms. The second kappa shape index (κ2) is 11.8. The van der Waals surface area contributed by atoms with E-state index in [0.717, 1.165) is 25.7 Å². The van der Waals surface area contributed by atoms with Crippen molar-refractivity contribution in [3.63, 3.8) is 0 Å². The van der Waals surface area contributed by atoms with Crippen molar-refractivity contribution in [2.24, 2.45) is 0 Å². The fourth-order valence-electron chi connectivity index (χ4n) is 8.33. The van der Waals surface area contributed by atoms with E-state index in [1.54, 1.807) is 0 Å². The minimum Gasteiger partial charge on any atom is -0.313 e. The zero-order chi connectivity index (χ0) is 33.0. The van der Waals surface area contributed by atoms with Gasteiger partial charge in [-0.2, -0.15) is 0 Å². The summed E-state index contributed by atoms with van der Waals surface area (Å²) >= 11 is 0. The van der Waals surface area contributed by atoms with Gasteiger partial charge in [-0.15, -0.1) is 0 Å². The number of fused-ring (bicyclic) bond motifs is 6. The Bertz CT molecular complexity index is 2690. The summed E-state index contributed by atoms with van der Waals surface area (Å²) in [6.07, 6.45) is 13.6. The van der Waals surface area contributed by atoms with Crippen LogP contribution < -0.4 is 0 Å². The number of para-hydroxylation sites is 2. The van der Waals surface area contributed by atoms with Gasteiger partial charge in [-0.05, 0) is 108 Å². The van der Waals surface area contributed by atoms with E-state index >= 15 is 0 Å². The van der Waals surface area contributed by atoms with Crippen LogP contribution in [0.1, 0.15) is 41.6 Å². The van der Waals surface area contributed by atoms with E-state index in [2.05, 4.69) is 179 Å². The van der Waals surface area contributed by atoms with Crippen LogP contribution in [-0.4, -0.2) is 9.13 Å². The number of hydrogen-bond donors (Lipinski definition) is 0. The molecule has 0 unspecified atom stereocenters. The molecule has 0 fully saturated rings. The average Bonchev–Trinajstić information content (AvgIpc) is 3.71. The quantitative estimate of drug-likeness (QED) is 0.177. The van der Waals surface area contributed by atoms with E-state index in [-0.39, 0.29) is 0 Å². The summed E-state index contributed by atoms with van der Waals surface area (Å²) in [6.45, 7) is 0. The number of hydrogen-bond acceptors (Lipinski definition) is 0. The summed E-state index contributed by atoms with van der Waals surface area (Å²) in [5, 5.41) is 3.88. The minimum absolute atomic E-state index is 1.03. The van der Waals surface area contributed by atoms with Crippen LogP contribution in [0.25, 0.3) is 72.4 Å². The number of nitrogens with zero attached hydrogens (tertiary/aromatic N) is 2. The molecule has 2 aliphatic carbocycles. The molecular formula is C48H36N2. The van der Waals surface area contributed by atoms with Gasteiger partial charge in [-0.3, -0.25) is 0 Å². The predicted molar refractivity (Wildman–Crippen MR) is 212 cm³/mol. The first-order valence-corrected chi connectivity index (χ1v) is 17.8. The standard InChI is InChI=1S/C48H36N2/c1-2-13-33(14-3-1)34-15-10-16-35(29-34)36-17-11-18-37(30-36)38-19-12-20-39(31-38)49-47-26-9-6-23-43(47)44-32-40(27-28-48(44)49)50-45-24-7-4-21-41(45)42-22-5-8-25-46(42)50/h1-7,9-10,12-16,18-24,26-32H,8,11,17,25H2. The summed E-state index contributed by atoms with van der Waals surface area (Å²) < 4.78 is 4.94. The lowest BCUT2D eigenvalue weighted by Crippen LogP contribution is -2.03. The molecule has 0 bridgehead atoms. The van der Waals surface area contributed by atoms with Gasteiger partial charge in [0.05, 0.1) is 16.6 Å². The highest BCUT2D eigenvalue weighted by atomic mass is 15.0. The van der Waals surface area contributed by atoms with E-state index in [1.807, 2.05) is 0 Å². The van der Waals surface area contributed by atoms with Gasteiger partial charge in [-0.25, -0.2) is 0 Å². The maximum Gasteiger partial charge on any atom is 0.0542 e. The van der Waals surface area contributed by atoms with Gasteiger partial charge in [0, 0.05) is 38.8 Å². The van der Waals surface area contributed by atoms with Gasteiger partial charge < -0.3 is 9.13 Å². The fraction of sp³-hybridized carbons (Fsp3) is 0.0833. The Morgan fingerprint density at radius 1 is 0.440 bits per heavy atom. The van der Waals surface area contributed by atoms with E-state index in [4.69, 9.17) is 0 Å². The van der Waals surface area contributed by atoms with Crippen LogP contribution >= 0.6 is 0 Å². The van der Waals surface area contributed by atoms with E-state index in [9.17, 15) is 0 Å². The van der Waals surface area contributed by atoms with Crippen LogP contribution in [0.5, 0.6) is 0 Å². The molecule has 2 heteroatoms. The Hall–Kier alpha value is -6.12. The van der Waals surface area contributed by atoms with Gasteiger partial charge in [0.15, 0.2) is 0 Å². The number of aromatic nitrogens is 2. The van der Waals surface area contributed by atoms with Crippen molar-refractivity contribution in [1.82, 2.24) is 9.13 Å². The van der Waals surface area contributed by atoms with Crippen molar-refractivity contribution in [2.45, 2.75) is 25.7 Å². The molecule has 0 saturated heterocycles. The Labute approximate surface area is 292 Å². The summed E-state index contributed by atoms with van der Waals surface area (Å²) in [5.74, 6) is 0. The van der Waals surface area contributed by atoms with Gasteiger partial charge in [-0.1, -0.05) is 121 Å². The zero-order valence-corrected chi connectivity index (χ0v) is 27.9. The summed E-state index contributed by atoms with van der Waals surface area (Å²) in [7, 11) is 0. The van der Waals surface area contributed by atoms with Crippen molar-refractivity contribution >= 4 is 49.9 Å². The van der Waals surface area contributed by atoms with Crippen LogP contribution in [0.3, 0.4) is 0 Å². The molecule has 10 rings (SSSR count). The molecule has 0 N–H and O–H groups in total. The Morgan fingerprint density at radius 2 is 1.14 bits per heavy atom. The predicted octanol–water partition coefficient (Wildman–Crippen LogP) is 12.6. The lowest BCUT2D eigenvalue weighted by atomic mass is 9.89. The third-order valence-electron chi connectivity index (χ3n) is 10.6. The monoisotopic (exact) mass is 640 g/mol. The van der Waals surface area contributed by atoms with Crippen molar-refractivity contribution in [3.05, 3.63) is 186 Å². The molecule has 6 aromatic carbocycles. The highest BCUT2D eigenvalue weighted by molar-refractivity contribution is 6.10. The van der Waals surface area contributed by atoms with Crippen molar-refractivity contribution in [2.75, 3.05) is 0 Å². The highest BCUT2D eigenvalue weighted by Crippen LogP contribution is 2.39. The second-order valence-corrected chi connectivity index (χ2v) is 13.6. The molecule has 2 aromatic heterocycles. The Kier molecular flexibility index (Phi) is 6.80. The van der Waals surface area contributed by atoms with Gasteiger partial charge >= 0.3 is 0 Å². The van der Waals surface area contributed by atoms with Crippen LogP contribution in [0.15, 0.2) is 164 Å². The topological polar surface area (TPSA) is 9.86 Å². The Balaban J connectivity index is 1.07. The first-order valence-electron chi connectivity index (χ1n) is 17.8. The maximum absolute atomic E-state index is 2.50. The van der Waals surface area contributed by atoms with Gasteiger partial charge in [0.25, 0.3) is 0 Å². The average molecular weight is 641 g/mol. The maximum atomic E-state index is 2.50. The van der Waals surface area contributed by atoms with Crippen LogP contribution in [0.2, 0.25) is 0 Å². The highest BCUT2D eigenvalue weighted by Gasteiger charge is 2.20. The van der Waals surface area contributed by atoms with E-state index in [0.29, 0.717) is 0 Å². The molecule has 8 aromatic rings. The molecule has 238 valence electrons. The lowest BCUT2D eigenvalue weighted by Gasteiger charge is -2.17. The molecule has 2 aliphatic rings. The largest absolute Gasteiger partial charge is 0.313 e. The summed E-state index contributed by atoms with van der Waals surface area (Å²) in [5.41, 5.74) is 16.7. The molecule has 0 radical (unpaired) electrons. The van der Waals surface area contributed by atoms with Crippen LogP contribution in [-0.2, 0) is 6.42 Å². The number of allylic oxidation sites excluding steroid dienone is 5. The number of rotatable bonds is 5. The molecule has 0 atom stereocenters. The van der Waals surface area contributed by atoms with E-state index in [1.165, 1.54) is 88.7 Å². The third-order valence-corrected chi connectivity index (χ3v) is 10.6. The summed E-state index contributed by atoms with van der Waals surface area (Å²) in [6, 6.07) is 53.5. The van der Waals surface area contributed by atoms with Crippen molar-refractivity contribution in [3.8, 4) is 22.5 Å². The molecule has 0 spiro atoms. The molecule has 2 heterocycles. The first-order chi connectivity index (χ1) is 24.8. The molecule has 0 saturated carbocycles. The molecular weight excluding hydrogens is 605 g/mol. The number of benzene rings is 6. The van der Waals surface area contributed by atoms with Crippen molar-refractivity contribution in [1.29, 1.82) is 0 Å². The normalized spacial score (nSPS) is 14.2. The second-order valence-electron chi connectivity index (χ2n) is 13.6. The Morgan fingerprint density at radius 3 is 2.04 bits per heavy atom. The van der Waals surface area contributed by atoms with Gasteiger partial charge in [0.1, 0.15) is 0 Å². The van der Waals surface area contributed by atoms with Crippen LogP contribution in [0.4, 0.5) is 0 Å². The molecule has 2 nitrogen and oxygen atoms in total. The first kappa shape index (κ1) is 28.9.